The van der Waals surface area contributed by atoms with Crippen molar-refractivity contribution in [2.24, 2.45) is 0 Å². The number of aromatic amines is 1. The molecule has 1 aliphatic heterocycles. The average molecular weight is 415 g/mol. The highest BCUT2D eigenvalue weighted by molar-refractivity contribution is 6.00. The number of H-pyrrole nitrogens is 1. The Bertz CT molecular complexity index is 1260. The van der Waals surface area contributed by atoms with E-state index in [1.54, 1.807) is 18.2 Å². The number of carboxylic acid groups (broad SMARTS) is 1. The molecular formula is C25H25N3O3. The van der Waals surface area contributed by atoms with E-state index in [0.29, 0.717) is 6.04 Å². The first kappa shape index (κ1) is 19.6. The molecular weight excluding hydrogens is 390 g/mol. The molecule has 2 heterocycles. The molecule has 0 amide bonds. The largest absolute Gasteiger partial charge is 0.492 e. The Balaban J connectivity index is 1.41. The summed E-state index contributed by atoms with van der Waals surface area (Å²) in [6.45, 7) is 5.17. The lowest BCUT2D eigenvalue weighted by Gasteiger charge is -2.22. The van der Waals surface area contributed by atoms with Crippen molar-refractivity contribution in [2.75, 3.05) is 19.7 Å². The van der Waals surface area contributed by atoms with Crippen molar-refractivity contribution in [1.29, 1.82) is 0 Å². The lowest BCUT2D eigenvalue weighted by Crippen LogP contribution is -2.33. The highest BCUT2D eigenvalue weighted by Crippen LogP contribution is 2.31. The summed E-state index contributed by atoms with van der Waals surface area (Å²) in [5, 5.41) is 19.7. The smallest absolute Gasteiger partial charge is 0.335 e. The van der Waals surface area contributed by atoms with Crippen LogP contribution in [0.4, 0.5) is 0 Å². The molecule has 4 aromatic rings. The van der Waals surface area contributed by atoms with Crippen LogP contribution in [0.3, 0.4) is 0 Å². The SMILES string of the molecule is CCN1CCCC1COc1ccc2cc(-c3n[nH]c4ccc(C(=O)O)cc34)ccc2c1. The van der Waals surface area contributed by atoms with Crippen LogP contribution >= 0.6 is 0 Å². The number of carbonyl (C=O) groups is 1. The van der Waals surface area contributed by atoms with Gasteiger partial charge in [-0.15, -0.1) is 0 Å². The van der Waals surface area contributed by atoms with Gasteiger partial charge in [0, 0.05) is 17.0 Å². The minimum absolute atomic E-state index is 0.252. The molecule has 158 valence electrons. The fourth-order valence-electron chi connectivity index (χ4n) is 4.52. The van der Waals surface area contributed by atoms with Crippen LogP contribution in [0, 0.1) is 0 Å². The van der Waals surface area contributed by atoms with Gasteiger partial charge in [-0.3, -0.25) is 10.00 Å². The summed E-state index contributed by atoms with van der Waals surface area (Å²) in [5.41, 5.74) is 2.76. The first-order valence-electron chi connectivity index (χ1n) is 10.7. The number of fused-ring (bicyclic) bond motifs is 2. The maximum atomic E-state index is 11.3. The Labute approximate surface area is 180 Å². The predicted molar refractivity (Wildman–Crippen MR) is 122 cm³/mol. The molecule has 1 atom stereocenters. The summed E-state index contributed by atoms with van der Waals surface area (Å²) in [6.07, 6.45) is 2.45. The molecule has 0 bridgehead atoms. The van der Waals surface area contributed by atoms with Crippen LogP contribution in [-0.2, 0) is 0 Å². The molecule has 31 heavy (non-hydrogen) atoms. The Hall–Kier alpha value is -3.38. The number of rotatable bonds is 6. The zero-order valence-electron chi connectivity index (χ0n) is 17.5. The van der Waals surface area contributed by atoms with E-state index in [4.69, 9.17) is 4.74 Å². The van der Waals surface area contributed by atoms with Gasteiger partial charge in [-0.05, 0) is 73.1 Å². The van der Waals surface area contributed by atoms with Crippen LogP contribution in [-0.4, -0.2) is 51.9 Å². The number of carboxylic acids is 1. The van der Waals surface area contributed by atoms with Gasteiger partial charge in [-0.1, -0.05) is 25.1 Å². The van der Waals surface area contributed by atoms with E-state index in [0.717, 1.165) is 51.8 Å². The van der Waals surface area contributed by atoms with Gasteiger partial charge >= 0.3 is 5.97 Å². The number of benzene rings is 3. The molecule has 1 aromatic heterocycles. The van der Waals surface area contributed by atoms with Crippen molar-refractivity contribution in [3.63, 3.8) is 0 Å². The molecule has 6 nitrogen and oxygen atoms in total. The van der Waals surface area contributed by atoms with Gasteiger partial charge < -0.3 is 9.84 Å². The summed E-state index contributed by atoms with van der Waals surface area (Å²) in [7, 11) is 0. The fourth-order valence-corrected chi connectivity index (χ4v) is 4.52. The Morgan fingerprint density at radius 1 is 1.16 bits per heavy atom. The summed E-state index contributed by atoms with van der Waals surface area (Å²) in [5.74, 6) is -0.0562. The van der Waals surface area contributed by atoms with Gasteiger partial charge in [0.2, 0.25) is 0 Å². The van der Waals surface area contributed by atoms with E-state index in [9.17, 15) is 9.90 Å². The lowest BCUT2D eigenvalue weighted by molar-refractivity contribution is 0.0697. The van der Waals surface area contributed by atoms with Crippen molar-refractivity contribution in [3.05, 3.63) is 60.2 Å². The second-order valence-corrected chi connectivity index (χ2v) is 8.10. The molecule has 1 fully saturated rings. The van der Waals surface area contributed by atoms with Crippen LogP contribution < -0.4 is 4.74 Å². The van der Waals surface area contributed by atoms with E-state index in [-0.39, 0.29) is 5.56 Å². The van der Waals surface area contributed by atoms with Crippen molar-refractivity contribution in [3.8, 4) is 17.0 Å². The summed E-state index contributed by atoms with van der Waals surface area (Å²) in [4.78, 5) is 13.8. The van der Waals surface area contributed by atoms with Gasteiger partial charge in [0.25, 0.3) is 0 Å². The standard InChI is InChI=1S/C25H25N3O3/c1-2-28-11-3-4-20(28)15-31-21-9-7-16-12-18(6-5-17(16)13-21)24-22-14-19(25(29)30)8-10-23(22)26-27-24/h5-10,12-14,20H,2-4,11,15H2,1H3,(H,26,27)(H,29,30). The maximum Gasteiger partial charge on any atom is 0.335 e. The number of nitrogens with one attached hydrogen (secondary N) is 1. The highest BCUT2D eigenvalue weighted by atomic mass is 16.5. The van der Waals surface area contributed by atoms with Crippen molar-refractivity contribution >= 4 is 27.6 Å². The van der Waals surface area contributed by atoms with E-state index < -0.39 is 5.97 Å². The molecule has 0 aliphatic carbocycles. The molecule has 2 N–H and O–H groups in total. The molecule has 6 heteroatoms. The highest BCUT2D eigenvalue weighted by Gasteiger charge is 2.23. The molecule has 3 aromatic carbocycles. The van der Waals surface area contributed by atoms with Gasteiger partial charge in [0.1, 0.15) is 12.4 Å². The van der Waals surface area contributed by atoms with Crippen LogP contribution in [0.5, 0.6) is 5.75 Å². The van der Waals surface area contributed by atoms with Crippen LogP contribution in [0.15, 0.2) is 54.6 Å². The molecule has 1 saturated heterocycles. The fraction of sp³-hybridized carbons (Fsp3) is 0.280. The number of ether oxygens (including phenoxy) is 1. The zero-order chi connectivity index (χ0) is 21.4. The minimum atomic E-state index is -0.945. The van der Waals surface area contributed by atoms with E-state index in [2.05, 4.69) is 46.3 Å². The second-order valence-electron chi connectivity index (χ2n) is 8.10. The third-order valence-electron chi connectivity index (χ3n) is 6.24. The summed E-state index contributed by atoms with van der Waals surface area (Å²) < 4.78 is 6.11. The molecule has 1 aliphatic rings. The number of aromatic carboxylic acids is 1. The van der Waals surface area contributed by atoms with Crippen LogP contribution in [0.2, 0.25) is 0 Å². The lowest BCUT2D eigenvalue weighted by atomic mass is 10.0. The van der Waals surface area contributed by atoms with Crippen LogP contribution in [0.1, 0.15) is 30.1 Å². The third kappa shape index (κ3) is 3.75. The first-order chi connectivity index (χ1) is 15.1. The van der Waals surface area contributed by atoms with E-state index in [1.165, 1.54) is 19.4 Å². The van der Waals surface area contributed by atoms with Gasteiger partial charge in [0.05, 0.1) is 16.8 Å². The molecule has 0 radical (unpaired) electrons. The van der Waals surface area contributed by atoms with E-state index >= 15 is 0 Å². The van der Waals surface area contributed by atoms with E-state index in [1.807, 2.05) is 12.1 Å². The Morgan fingerprint density at radius 3 is 2.84 bits per heavy atom. The third-order valence-corrected chi connectivity index (χ3v) is 6.24. The number of hydrogen-bond donors (Lipinski definition) is 2. The summed E-state index contributed by atoms with van der Waals surface area (Å²) >= 11 is 0. The Kier molecular flexibility index (Phi) is 5.08. The monoisotopic (exact) mass is 415 g/mol. The first-order valence-corrected chi connectivity index (χ1v) is 10.7. The normalized spacial score (nSPS) is 16.9. The van der Waals surface area contributed by atoms with Crippen molar-refractivity contribution < 1.29 is 14.6 Å². The minimum Gasteiger partial charge on any atom is -0.492 e. The zero-order valence-corrected chi connectivity index (χ0v) is 17.5. The number of nitrogens with zero attached hydrogens (tertiary/aromatic N) is 2. The molecule has 0 saturated carbocycles. The molecule has 5 rings (SSSR count). The second kappa shape index (κ2) is 8.04. The maximum absolute atomic E-state index is 11.3. The van der Waals surface area contributed by atoms with Crippen LogP contribution in [0.25, 0.3) is 32.9 Å². The topological polar surface area (TPSA) is 78.5 Å². The van der Waals surface area contributed by atoms with Gasteiger partial charge in [-0.2, -0.15) is 5.10 Å². The average Bonchev–Trinajstić information content (AvgIpc) is 3.43. The van der Waals surface area contributed by atoms with Crippen molar-refractivity contribution in [1.82, 2.24) is 15.1 Å². The van der Waals surface area contributed by atoms with Crippen molar-refractivity contribution in [2.45, 2.75) is 25.8 Å². The summed E-state index contributed by atoms with van der Waals surface area (Å²) in [6, 6.07) is 17.8. The van der Waals surface area contributed by atoms with Gasteiger partial charge in [0.15, 0.2) is 0 Å². The number of aromatic nitrogens is 2. The molecule has 0 spiro atoms. The number of hydrogen-bond acceptors (Lipinski definition) is 4. The molecule has 1 unspecified atom stereocenters. The number of likely N-dealkylation sites (tertiary alicyclic amines) is 1. The predicted octanol–water partition coefficient (Wildman–Crippen LogP) is 4.94. The Morgan fingerprint density at radius 2 is 2.00 bits per heavy atom. The van der Waals surface area contributed by atoms with Gasteiger partial charge in [-0.25, -0.2) is 4.79 Å². The quantitative estimate of drug-likeness (QED) is 0.466. The number of likely N-dealkylation sites (N-methyl/N-ethyl adjacent to an activating group) is 1.